The second-order valence-corrected chi connectivity index (χ2v) is 10.2. The SMILES string of the molecule is CC(C)C(NC(=O)C(Cc1ccccc1)NC(=O)C(N)C(C)O)C(=O)NC(Cc1c[nH]c2ccccc12)C(=O)O. The fourth-order valence-electron chi connectivity index (χ4n) is 4.32. The molecule has 0 aliphatic heterocycles. The topological polar surface area (TPSA) is 187 Å². The Balaban J connectivity index is 1.76. The van der Waals surface area contributed by atoms with Gasteiger partial charge in [0.05, 0.1) is 6.10 Å². The van der Waals surface area contributed by atoms with Gasteiger partial charge in [0.1, 0.15) is 24.2 Å². The Hall–Kier alpha value is -4.22. The first kappa shape index (κ1) is 30.3. The van der Waals surface area contributed by atoms with Crippen LogP contribution in [-0.4, -0.2) is 69.2 Å². The molecule has 8 N–H and O–H groups in total. The molecule has 3 aromatic rings. The highest BCUT2D eigenvalue weighted by molar-refractivity contribution is 5.94. The molecule has 0 saturated carbocycles. The molecule has 11 heteroatoms. The van der Waals surface area contributed by atoms with Crippen molar-refractivity contribution in [3.8, 4) is 0 Å². The van der Waals surface area contributed by atoms with Crippen molar-refractivity contribution in [2.24, 2.45) is 11.7 Å². The Labute approximate surface area is 232 Å². The normalized spacial score (nSPS) is 15.1. The molecule has 0 radical (unpaired) electrons. The first-order chi connectivity index (χ1) is 19.0. The molecule has 0 aliphatic carbocycles. The summed E-state index contributed by atoms with van der Waals surface area (Å²) < 4.78 is 0. The summed E-state index contributed by atoms with van der Waals surface area (Å²) >= 11 is 0. The maximum Gasteiger partial charge on any atom is 0.326 e. The van der Waals surface area contributed by atoms with Gasteiger partial charge in [-0.3, -0.25) is 14.4 Å². The van der Waals surface area contributed by atoms with Crippen LogP contribution in [0, 0.1) is 5.92 Å². The third-order valence-electron chi connectivity index (χ3n) is 6.70. The Bertz CT molecular complexity index is 1320. The molecule has 3 rings (SSSR count). The number of nitrogens with two attached hydrogens (primary N) is 1. The highest BCUT2D eigenvalue weighted by atomic mass is 16.4. The number of nitrogens with one attached hydrogen (secondary N) is 4. The molecule has 0 spiro atoms. The second kappa shape index (κ2) is 13.7. The quantitative estimate of drug-likeness (QED) is 0.164. The molecular formula is C29H37N5O6. The number of aliphatic carboxylic acids is 1. The van der Waals surface area contributed by atoms with Crippen LogP contribution in [0.3, 0.4) is 0 Å². The predicted octanol–water partition coefficient (Wildman–Crippen LogP) is 0.856. The molecule has 0 fully saturated rings. The molecule has 0 bridgehead atoms. The first-order valence-corrected chi connectivity index (χ1v) is 13.1. The minimum absolute atomic E-state index is 0.0355. The zero-order chi connectivity index (χ0) is 29.4. The van der Waals surface area contributed by atoms with E-state index >= 15 is 0 Å². The van der Waals surface area contributed by atoms with E-state index in [0.717, 1.165) is 22.0 Å². The Morgan fingerprint density at radius 3 is 2.08 bits per heavy atom. The van der Waals surface area contributed by atoms with E-state index in [4.69, 9.17) is 5.73 Å². The van der Waals surface area contributed by atoms with Gasteiger partial charge < -0.3 is 36.9 Å². The third kappa shape index (κ3) is 7.90. The van der Waals surface area contributed by atoms with Crippen molar-refractivity contribution in [1.82, 2.24) is 20.9 Å². The molecular weight excluding hydrogens is 514 g/mol. The summed E-state index contributed by atoms with van der Waals surface area (Å²) in [6.45, 7) is 4.80. The fraction of sp³-hybridized carbons (Fsp3) is 0.379. The Kier molecular flexibility index (Phi) is 10.4. The Morgan fingerprint density at radius 1 is 0.825 bits per heavy atom. The molecule has 214 valence electrons. The highest BCUT2D eigenvalue weighted by Crippen LogP contribution is 2.19. The van der Waals surface area contributed by atoms with Gasteiger partial charge in [0.15, 0.2) is 0 Å². The number of carboxylic acid groups (broad SMARTS) is 1. The molecule has 1 aromatic heterocycles. The number of rotatable bonds is 13. The molecule has 1 heterocycles. The van der Waals surface area contributed by atoms with Crippen LogP contribution < -0.4 is 21.7 Å². The number of amides is 3. The van der Waals surface area contributed by atoms with E-state index < -0.39 is 59.9 Å². The van der Waals surface area contributed by atoms with E-state index in [9.17, 15) is 29.4 Å². The number of aliphatic hydroxyl groups excluding tert-OH is 1. The zero-order valence-electron chi connectivity index (χ0n) is 22.8. The van der Waals surface area contributed by atoms with E-state index in [2.05, 4.69) is 20.9 Å². The molecule has 2 aromatic carbocycles. The van der Waals surface area contributed by atoms with Gasteiger partial charge in [-0.05, 0) is 30.0 Å². The molecule has 0 saturated heterocycles. The number of aromatic nitrogens is 1. The molecule has 5 atom stereocenters. The van der Waals surface area contributed by atoms with Crippen LogP contribution in [0.15, 0.2) is 60.8 Å². The molecule has 0 aliphatic rings. The maximum atomic E-state index is 13.4. The summed E-state index contributed by atoms with van der Waals surface area (Å²) in [5.74, 6) is -3.65. The summed E-state index contributed by atoms with van der Waals surface area (Å²) in [6, 6.07) is 11.7. The number of benzene rings is 2. The van der Waals surface area contributed by atoms with Crippen LogP contribution in [0.5, 0.6) is 0 Å². The molecule has 11 nitrogen and oxygen atoms in total. The number of hydrogen-bond acceptors (Lipinski definition) is 6. The number of carbonyl (C=O) groups is 4. The van der Waals surface area contributed by atoms with Crippen molar-refractivity contribution in [3.63, 3.8) is 0 Å². The maximum absolute atomic E-state index is 13.4. The Morgan fingerprint density at radius 2 is 1.45 bits per heavy atom. The van der Waals surface area contributed by atoms with Crippen molar-refractivity contribution in [1.29, 1.82) is 0 Å². The van der Waals surface area contributed by atoms with E-state index in [1.807, 2.05) is 30.3 Å². The second-order valence-electron chi connectivity index (χ2n) is 10.2. The predicted molar refractivity (Wildman–Crippen MR) is 150 cm³/mol. The van der Waals surface area contributed by atoms with Crippen LogP contribution in [-0.2, 0) is 32.0 Å². The summed E-state index contributed by atoms with van der Waals surface area (Å²) in [6.07, 6.45) is 0.715. The van der Waals surface area contributed by atoms with Gasteiger partial charge in [-0.25, -0.2) is 4.79 Å². The van der Waals surface area contributed by atoms with Gasteiger partial charge in [0, 0.05) is 29.9 Å². The number of carbonyl (C=O) groups excluding carboxylic acids is 3. The fourth-order valence-corrected chi connectivity index (χ4v) is 4.32. The van der Waals surface area contributed by atoms with Gasteiger partial charge in [0.2, 0.25) is 17.7 Å². The molecule has 3 amide bonds. The summed E-state index contributed by atoms with van der Waals surface area (Å²) in [4.78, 5) is 54.4. The molecule has 40 heavy (non-hydrogen) atoms. The summed E-state index contributed by atoms with van der Waals surface area (Å²) in [5.41, 5.74) is 8.09. The minimum atomic E-state index is -1.25. The standard InChI is InChI=1S/C29H37N5O6/c1-16(2)25(28(38)33-23(29(39)40)14-19-15-31-21-12-8-7-11-20(19)21)34-26(36)22(13-18-9-5-4-6-10-18)32-27(37)24(30)17(3)35/h4-12,15-17,22-25,31,35H,13-14,30H2,1-3H3,(H,32,37)(H,33,38)(H,34,36)(H,39,40). The highest BCUT2D eigenvalue weighted by Gasteiger charge is 2.32. The van der Waals surface area contributed by atoms with Crippen LogP contribution >= 0.6 is 0 Å². The average Bonchev–Trinajstić information content (AvgIpc) is 3.33. The van der Waals surface area contributed by atoms with E-state index in [1.165, 1.54) is 6.92 Å². The minimum Gasteiger partial charge on any atom is -0.480 e. The lowest BCUT2D eigenvalue weighted by molar-refractivity contribution is -0.142. The molecule has 5 unspecified atom stereocenters. The lowest BCUT2D eigenvalue weighted by Gasteiger charge is -2.27. The van der Waals surface area contributed by atoms with Gasteiger partial charge in [-0.15, -0.1) is 0 Å². The average molecular weight is 552 g/mol. The van der Waals surface area contributed by atoms with Crippen molar-refractivity contribution >= 4 is 34.6 Å². The monoisotopic (exact) mass is 551 g/mol. The van der Waals surface area contributed by atoms with Crippen LogP contribution in [0.4, 0.5) is 0 Å². The number of aromatic amines is 1. The number of para-hydroxylation sites is 1. The van der Waals surface area contributed by atoms with Gasteiger partial charge >= 0.3 is 5.97 Å². The van der Waals surface area contributed by atoms with Crippen molar-refractivity contribution in [2.75, 3.05) is 0 Å². The van der Waals surface area contributed by atoms with Crippen molar-refractivity contribution < 1.29 is 29.4 Å². The lowest BCUT2D eigenvalue weighted by Crippen LogP contribution is -2.59. The summed E-state index contributed by atoms with van der Waals surface area (Å²) in [5, 5.41) is 28.2. The van der Waals surface area contributed by atoms with Crippen LogP contribution in [0.2, 0.25) is 0 Å². The van der Waals surface area contributed by atoms with Gasteiger partial charge in [-0.2, -0.15) is 0 Å². The lowest BCUT2D eigenvalue weighted by atomic mass is 9.99. The number of fused-ring (bicyclic) bond motifs is 1. The van der Waals surface area contributed by atoms with E-state index in [1.54, 1.807) is 44.3 Å². The summed E-state index contributed by atoms with van der Waals surface area (Å²) in [7, 11) is 0. The van der Waals surface area contributed by atoms with E-state index in [-0.39, 0.29) is 12.8 Å². The van der Waals surface area contributed by atoms with E-state index in [0.29, 0.717) is 0 Å². The van der Waals surface area contributed by atoms with Crippen LogP contribution in [0.1, 0.15) is 31.9 Å². The number of aliphatic hydroxyl groups is 1. The largest absolute Gasteiger partial charge is 0.480 e. The number of hydrogen-bond donors (Lipinski definition) is 7. The zero-order valence-corrected chi connectivity index (χ0v) is 22.8. The third-order valence-corrected chi connectivity index (χ3v) is 6.70. The van der Waals surface area contributed by atoms with Gasteiger partial charge in [-0.1, -0.05) is 62.4 Å². The first-order valence-electron chi connectivity index (χ1n) is 13.1. The van der Waals surface area contributed by atoms with Gasteiger partial charge in [0.25, 0.3) is 0 Å². The smallest absolute Gasteiger partial charge is 0.326 e. The number of H-pyrrole nitrogens is 1. The van der Waals surface area contributed by atoms with Crippen LogP contribution in [0.25, 0.3) is 10.9 Å². The number of carboxylic acids is 1. The van der Waals surface area contributed by atoms with Crippen molar-refractivity contribution in [3.05, 3.63) is 71.9 Å². The van der Waals surface area contributed by atoms with Crippen molar-refractivity contribution in [2.45, 2.75) is 63.9 Å².